The number of benzene rings is 1. The van der Waals surface area contributed by atoms with E-state index in [1.165, 1.54) is 11.3 Å². The van der Waals surface area contributed by atoms with E-state index in [1.807, 2.05) is 24.3 Å². The van der Waals surface area contributed by atoms with E-state index in [1.54, 1.807) is 0 Å². The molecule has 1 aromatic carbocycles. The summed E-state index contributed by atoms with van der Waals surface area (Å²) in [6.07, 6.45) is 0. The second-order valence-corrected chi connectivity index (χ2v) is 4.43. The number of halogens is 2. The Balaban J connectivity index is 2.10. The summed E-state index contributed by atoms with van der Waals surface area (Å²) in [5, 5.41) is 3.10. The van der Waals surface area contributed by atoms with Gasteiger partial charge in [-0.15, -0.1) is 0 Å². The smallest absolute Gasteiger partial charge is 0.276 e. The van der Waals surface area contributed by atoms with Crippen molar-refractivity contribution in [3.63, 3.8) is 0 Å². The highest BCUT2D eigenvalue weighted by molar-refractivity contribution is 7.22. The molecule has 0 spiro atoms. The predicted molar refractivity (Wildman–Crippen MR) is 62.1 cm³/mol. The summed E-state index contributed by atoms with van der Waals surface area (Å²) < 4.78 is 26.7. The van der Waals surface area contributed by atoms with Gasteiger partial charge in [-0.25, -0.2) is 13.8 Å². The lowest BCUT2D eigenvalue weighted by atomic mass is 10.3. The van der Waals surface area contributed by atoms with Crippen LogP contribution in [0.2, 0.25) is 0 Å². The van der Waals surface area contributed by atoms with E-state index in [9.17, 15) is 8.78 Å². The summed E-state index contributed by atoms with van der Waals surface area (Å²) in [6.45, 7) is -1.14. The van der Waals surface area contributed by atoms with Crippen LogP contribution in [0, 0.1) is 0 Å². The standard InChI is InChI=1S/C10H11F2N3S/c11-10(12,5-13)6-14-9-15-7-3-1-2-4-8(7)16-9/h1-4H,5-6,13H2,(H,14,15). The molecule has 0 radical (unpaired) electrons. The first-order valence-corrected chi connectivity index (χ1v) is 5.60. The SMILES string of the molecule is NCC(F)(F)CNc1nc2ccccc2s1. The number of hydrogen-bond acceptors (Lipinski definition) is 4. The Morgan fingerprint density at radius 1 is 1.38 bits per heavy atom. The van der Waals surface area contributed by atoms with Crippen LogP contribution in [0.4, 0.5) is 13.9 Å². The summed E-state index contributed by atoms with van der Waals surface area (Å²) in [5.74, 6) is -2.89. The summed E-state index contributed by atoms with van der Waals surface area (Å²) >= 11 is 1.35. The van der Waals surface area contributed by atoms with Crippen LogP contribution in [0.1, 0.15) is 0 Å². The van der Waals surface area contributed by atoms with Crippen molar-refractivity contribution < 1.29 is 8.78 Å². The molecule has 0 fully saturated rings. The van der Waals surface area contributed by atoms with E-state index in [0.717, 1.165) is 10.2 Å². The van der Waals surface area contributed by atoms with Gasteiger partial charge in [0, 0.05) is 0 Å². The third-order valence-electron chi connectivity index (χ3n) is 2.09. The minimum atomic E-state index is -2.89. The molecule has 16 heavy (non-hydrogen) atoms. The lowest BCUT2D eigenvalue weighted by Crippen LogP contribution is -2.35. The summed E-state index contributed by atoms with van der Waals surface area (Å²) in [6, 6.07) is 7.50. The van der Waals surface area contributed by atoms with Crippen LogP contribution in [0.25, 0.3) is 10.2 Å². The zero-order chi connectivity index (χ0) is 11.6. The highest BCUT2D eigenvalue weighted by Gasteiger charge is 2.26. The zero-order valence-corrected chi connectivity index (χ0v) is 9.23. The summed E-state index contributed by atoms with van der Waals surface area (Å²) in [4.78, 5) is 4.18. The number of aromatic nitrogens is 1. The van der Waals surface area contributed by atoms with Gasteiger partial charge in [0.05, 0.1) is 23.3 Å². The number of nitrogens with two attached hydrogens (primary N) is 1. The molecule has 0 saturated carbocycles. The second kappa shape index (κ2) is 4.31. The molecule has 0 aliphatic carbocycles. The monoisotopic (exact) mass is 243 g/mol. The van der Waals surface area contributed by atoms with E-state index < -0.39 is 19.0 Å². The minimum Gasteiger partial charge on any atom is -0.355 e. The van der Waals surface area contributed by atoms with Crippen molar-refractivity contribution in [3.8, 4) is 0 Å². The molecule has 3 nitrogen and oxygen atoms in total. The van der Waals surface area contributed by atoms with Crippen LogP contribution >= 0.6 is 11.3 Å². The summed E-state index contributed by atoms with van der Waals surface area (Å²) in [7, 11) is 0. The fraction of sp³-hybridized carbons (Fsp3) is 0.300. The van der Waals surface area contributed by atoms with Crippen molar-refractivity contribution in [2.45, 2.75) is 5.92 Å². The van der Waals surface area contributed by atoms with E-state index in [4.69, 9.17) is 5.73 Å². The fourth-order valence-electron chi connectivity index (χ4n) is 1.22. The van der Waals surface area contributed by atoms with Crippen LogP contribution in [-0.2, 0) is 0 Å². The average Bonchev–Trinajstić information content (AvgIpc) is 2.69. The third kappa shape index (κ3) is 2.45. The van der Waals surface area contributed by atoms with Gasteiger partial charge >= 0.3 is 0 Å². The topological polar surface area (TPSA) is 50.9 Å². The Labute approximate surface area is 95.3 Å². The number of rotatable bonds is 4. The molecule has 0 bridgehead atoms. The first kappa shape index (κ1) is 11.2. The molecule has 0 saturated heterocycles. The maximum Gasteiger partial charge on any atom is 0.276 e. The first-order chi connectivity index (χ1) is 7.61. The van der Waals surface area contributed by atoms with Crippen molar-refractivity contribution in [1.29, 1.82) is 0 Å². The Kier molecular flexibility index (Phi) is 3.02. The molecule has 2 aromatic rings. The Morgan fingerprint density at radius 2 is 2.12 bits per heavy atom. The number of nitrogens with zero attached hydrogens (tertiary/aromatic N) is 1. The number of fused-ring (bicyclic) bond motifs is 1. The second-order valence-electron chi connectivity index (χ2n) is 3.40. The molecule has 3 N–H and O–H groups in total. The largest absolute Gasteiger partial charge is 0.355 e. The van der Waals surface area contributed by atoms with E-state index in [2.05, 4.69) is 10.3 Å². The molecule has 0 aliphatic heterocycles. The van der Waals surface area contributed by atoms with Crippen molar-refractivity contribution >= 4 is 26.7 Å². The molecule has 1 heterocycles. The van der Waals surface area contributed by atoms with Crippen LogP contribution in [0.15, 0.2) is 24.3 Å². The highest BCUT2D eigenvalue weighted by atomic mass is 32.1. The molecule has 6 heteroatoms. The van der Waals surface area contributed by atoms with Gasteiger partial charge in [0.25, 0.3) is 5.92 Å². The molecule has 2 rings (SSSR count). The minimum absolute atomic E-state index is 0.483. The normalized spacial score (nSPS) is 11.9. The third-order valence-corrected chi connectivity index (χ3v) is 3.08. The van der Waals surface area contributed by atoms with Gasteiger partial charge < -0.3 is 11.1 Å². The van der Waals surface area contributed by atoms with Crippen molar-refractivity contribution in [2.75, 3.05) is 18.4 Å². The van der Waals surface area contributed by atoms with Crippen LogP contribution in [0.5, 0.6) is 0 Å². The maximum atomic E-state index is 12.9. The van der Waals surface area contributed by atoms with Crippen LogP contribution in [0.3, 0.4) is 0 Å². The van der Waals surface area contributed by atoms with Crippen LogP contribution < -0.4 is 11.1 Å². The number of thiazole rings is 1. The molecule has 0 atom stereocenters. The van der Waals surface area contributed by atoms with Gasteiger partial charge in [0.15, 0.2) is 5.13 Å². The lowest BCUT2D eigenvalue weighted by Gasteiger charge is -2.13. The molecule has 0 aliphatic rings. The van der Waals surface area contributed by atoms with Crippen LogP contribution in [-0.4, -0.2) is 24.0 Å². The van der Waals surface area contributed by atoms with Gasteiger partial charge in [-0.3, -0.25) is 0 Å². The van der Waals surface area contributed by atoms with Gasteiger partial charge in [0.1, 0.15) is 0 Å². The number of hydrogen-bond donors (Lipinski definition) is 2. The quantitative estimate of drug-likeness (QED) is 0.866. The lowest BCUT2D eigenvalue weighted by molar-refractivity contribution is 0.0254. The summed E-state index contributed by atoms with van der Waals surface area (Å²) in [5.41, 5.74) is 5.75. The highest BCUT2D eigenvalue weighted by Crippen LogP contribution is 2.26. The Bertz CT molecular complexity index is 451. The molecule has 0 unspecified atom stereocenters. The Morgan fingerprint density at radius 3 is 2.81 bits per heavy atom. The number of nitrogens with one attached hydrogen (secondary N) is 1. The van der Waals surface area contributed by atoms with Gasteiger partial charge in [0.2, 0.25) is 0 Å². The maximum absolute atomic E-state index is 12.9. The van der Waals surface area contributed by atoms with E-state index >= 15 is 0 Å². The zero-order valence-electron chi connectivity index (χ0n) is 8.41. The first-order valence-electron chi connectivity index (χ1n) is 4.78. The molecular weight excluding hydrogens is 232 g/mol. The molecule has 86 valence electrons. The predicted octanol–water partition coefficient (Wildman–Crippen LogP) is 2.30. The van der Waals surface area contributed by atoms with Crippen molar-refractivity contribution in [2.24, 2.45) is 5.73 Å². The molecule has 1 aromatic heterocycles. The average molecular weight is 243 g/mol. The van der Waals surface area contributed by atoms with Gasteiger partial charge in [-0.1, -0.05) is 23.5 Å². The molecular formula is C10H11F2N3S. The number of alkyl halides is 2. The van der Waals surface area contributed by atoms with Crippen molar-refractivity contribution in [1.82, 2.24) is 4.98 Å². The number of para-hydroxylation sites is 1. The number of anilines is 1. The van der Waals surface area contributed by atoms with E-state index in [0.29, 0.717) is 5.13 Å². The van der Waals surface area contributed by atoms with Gasteiger partial charge in [-0.05, 0) is 12.1 Å². The van der Waals surface area contributed by atoms with Gasteiger partial charge in [-0.2, -0.15) is 0 Å². The molecule has 0 amide bonds. The Hall–Kier alpha value is -1.27. The van der Waals surface area contributed by atoms with E-state index in [-0.39, 0.29) is 0 Å². The fourth-order valence-corrected chi connectivity index (χ4v) is 2.09. The van der Waals surface area contributed by atoms with Crippen molar-refractivity contribution in [3.05, 3.63) is 24.3 Å².